The smallest absolute Gasteiger partial charge is 0.320 e. The minimum Gasteiger partial charge on any atom is -0.480 e. The van der Waals surface area contributed by atoms with Crippen molar-refractivity contribution in [3.05, 3.63) is 0 Å². The van der Waals surface area contributed by atoms with Crippen molar-refractivity contribution in [2.24, 2.45) is 0 Å². The molecule has 0 spiro atoms. The van der Waals surface area contributed by atoms with Crippen LogP contribution in [0.15, 0.2) is 0 Å². The summed E-state index contributed by atoms with van der Waals surface area (Å²) in [7, 11) is 0. The third-order valence-corrected chi connectivity index (χ3v) is 2.50. The number of aliphatic carboxylic acids is 1. The summed E-state index contributed by atoms with van der Waals surface area (Å²) in [5, 5.41) is 11.8. The molecule has 1 fully saturated rings. The lowest BCUT2D eigenvalue weighted by Crippen LogP contribution is -2.35. The fourth-order valence-corrected chi connectivity index (χ4v) is 1.71. The molecule has 4 heteroatoms. The van der Waals surface area contributed by atoms with E-state index in [1.165, 1.54) is 0 Å². The molecule has 0 amide bonds. The summed E-state index contributed by atoms with van der Waals surface area (Å²) in [5.74, 6) is -0.734. The zero-order valence-corrected chi connectivity index (χ0v) is 8.66. The number of carboxylic acid groups (broad SMARTS) is 1. The summed E-state index contributed by atoms with van der Waals surface area (Å²) in [6.07, 6.45) is 3.65. The van der Waals surface area contributed by atoms with E-state index in [0.29, 0.717) is 6.04 Å². The van der Waals surface area contributed by atoms with Crippen LogP contribution in [0.4, 0.5) is 0 Å². The Morgan fingerprint density at radius 3 is 2.86 bits per heavy atom. The van der Waals surface area contributed by atoms with Gasteiger partial charge >= 0.3 is 5.97 Å². The second kappa shape index (κ2) is 5.98. The van der Waals surface area contributed by atoms with Crippen LogP contribution >= 0.6 is 0 Å². The highest BCUT2D eigenvalue weighted by Crippen LogP contribution is 2.15. The molecule has 0 bridgehead atoms. The van der Waals surface area contributed by atoms with E-state index in [-0.39, 0.29) is 6.04 Å². The summed E-state index contributed by atoms with van der Waals surface area (Å²) in [6.45, 7) is 3.61. The van der Waals surface area contributed by atoms with Gasteiger partial charge in [0.05, 0.1) is 0 Å². The van der Waals surface area contributed by atoms with Crippen LogP contribution in [0.2, 0.25) is 0 Å². The van der Waals surface area contributed by atoms with Gasteiger partial charge in [-0.05, 0) is 25.7 Å². The topological polar surface area (TPSA) is 58.6 Å². The van der Waals surface area contributed by atoms with Gasteiger partial charge in [0.2, 0.25) is 0 Å². The van der Waals surface area contributed by atoms with Crippen molar-refractivity contribution in [3.8, 4) is 0 Å². The van der Waals surface area contributed by atoms with E-state index in [4.69, 9.17) is 9.84 Å². The van der Waals surface area contributed by atoms with E-state index < -0.39 is 5.97 Å². The van der Waals surface area contributed by atoms with Gasteiger partial charge in [-0.3, -0.25) is 4.79 Å². The van der Waals surface area contributed by atoms with Crippen LogP contribution in [-0.2, 0) is 9.53 Å². The van der Waals surface area contributed by atoms with E-state index in [1.54, 1.807) is 0 Å². The highest BCUT2D eigenvalue weighted by molar-refractivity contribution is 5.73. The number of carboxylic acids is 1. The Morgan fingerprint density at radius 1 is 1.50 bits per heavy atom. The number of nitrogens with one attached hydrogen (secondary N) is 1. The Balaban J connectivity index is 2.07. The van der Waals surface area contributed by atoms with Gasteiger partial charge < -0.3 is 15.2 Å². The number of hydrogen-bond acceptors (Lipinski definition) is 3. The molecule has 1 aliphatic heterocycles. The maximum absolute atomic E-state index is 10.6. The van der Waals surface area contributed by atoms with E-state index in [9.17, 15) is 4.79 Å². The normalized spacial score (nSPS) is 26.6. The molecular weight excluding hydrogens is 182 g/mol. The molecular formula is C10H19NO3. The minimum atomic E-state index is -0.734. The van der Waals surface area contributed by atoms with Crippen LogP contribution in [-0.4, -0.2) is 36.4 Å². The first-order valence-corrected chi connectivity index (χ1v) is 5.30. The molecule has 0 aromatic rings. The van der Waals surface area contributed by atoms with Crippen molar-refractivity contribution >= 4 is 5.97 Å². The zero-order chi connectivity index (χ0) is 10.4. The average Bonchev–Trinajstić information content (AvgIpc) is 2.61. The molecule has 1 aliphatic rings. The fraction of sp³-hybridized carbons (Fsp3) is 0.900. The standard InChI is InChI=1S/C10H19NO3/c1-2-6-14-7-5-8-3-4-9(11-8)10(12)13/h8-9,11H,2-7H2,1H3,(H,12,13). The third-order valence-electron chi connectivity index (χ3n) is 2.50. The molecule has 2 N–H and O–H groups in total. The summed E-state index contributed by atoms with van der Waals surface area (Å²) in [4.78, 5) is 10.6. The molecule has 1 heterocycles. The van der Waals surface area contributed by atoms with Gasteiger partial charge in [0, 0.05) is 19.3 Å². The number of ether oxygens (including phenoxy) is 1. The quantitative estimate of drug-likeness (QED) is 0.630. The van der Waals surface area contributed by atoms with Crippen molar-refractivity contribution in [2.45, 2.75) is 44.7 Å². The summed E-state index contributed by atoms with van der Waals surface area (Å²) >= 11 is 0. The zero-order valence-electron chi connectivity index (χ0n) is 8.66. The molecule has 2 atom stereocenters. The fourth-order valence-electron chi connectivity index (χ4n) is 1.71. The predicted molar refractivity (Wildman–Crippen MR) is 53.3 cm³/mol. The second-order valence-electron chi connectivity index (χ2n) is 3.73. The van der Waals surface area contributed by atoms with Crippen LogP contribution in [0.3, 0.4) is 0 Å². The van der Waals surface area contributed by atoms with E-state index in [1.807, 2.05) is 0 Å². The Kier molecular flexibility index (Phi) is 4.90. The molecule has 1 saturated heterocycles. The maximum Gasteiger partial charge on any atom is 0.320 e. The Labute approximate surface area is 84.6 Å². The van der Waals surface area contributed by atoms with Crippen LogP contribution < -0.4 is 5.32 Å². The van der Waals surface area contributed by atoms with Gasteiger partial charge in [0.25, 0.3) is 0 Å². The largest absolute Gasteiger partial charge is 0.480 e. The van der Waals surface area contributed by atoms with Crippen molar-refractivity contribution in [3.63, 3.8) is 0 Å². The lowest BCUT2D eigenvalue weighted by Gasteiger charge is -2.11. The molecule has 0 aromatic heterocycles. The van der Waals surface area contributed by atoms with Gasteiger partial charge in [-0.15, -0.1) is 0 Å². The predicted octanol–water partition coefficient (Wildman–Crippen LogP) is 1.01. The van der Waals surface area contributed by atoms with Crippen LogP contribution in [0.5, 0.6) is 0 Å². The third kappa shape index (κ3) is 3.64. The van der Waals surface area contributed by atoms with Crippen molar-refractivity contribution in [1.82, 2.24) is 5.32 Å². The van der Waals surface area contributed by atoms with Crippen molar-refractivity contribution < 1.29 is 14.6 Å². The summed E-state index contributed by atoms with van der Waals surface area (Å²) < 4.78 is 5.35. The molecule has 82 valence electrons. The monoisotopic (exact) mass is 201 g/mol. The first-order chi connectivity index (χ1) is 6.74. The molecule has 0 aliphatic carbocycles. The number of hydrogen-bond donors (Lipinski definition) is 2. The Morgan fingerprint density at radius 2 is 2.29 bits per heavy atom. The number of carbonyl (C=O) groups is 1. The molecule has 0 aromatic carbocycles. The minimum absolute atomic E-state index is 0.327. The molecule has 2 unspecified atom stereocenters. The maximum atomic E-state index is 10.6. The molecule has 0 saturated carbocycles. The van der Waals surface area contributed by atoms with Gasteiger partial charge in [0.15, 0.2) is 0 Å². The molecule has 4 nitrogen and oxygen atoms in total. The van der Waals surface area contributed by atoms with Gasteiger partial charge in [-0.25, -0.2) is 0 Å². The lowest BCUT2D eigenvalue weighted by atomic mass is 10.1. The lowest BCUT2D eigenvalue weighted by molar-refractivity contribution is -0.139. The second-order valence-corrected chi connectivity index (χ2v) is 3.73. The van der Waals surface area contributed by atoms with Crippen molar-refractivity contribution in [1.29, 1.82) is 0 Å². The number of rotatable bonds is 6. The summed E-state index contributed by atoms with van der Waals surface area (Å²) in [5.41, 5.74) is 0. The first kappa shape index (κ1) is 11.5. The molecule has 14 heavy (non-hydrogen) atoms. The highest BCUT2D eigenvalue weighted by Gasteiger charge is 2.28. The first-order valence-electron chi connectivity index (χ1n) is 5.30. The van der Waals surface area contributed by atoms with Crippen LogP contribution in [0.25, 0.3) is 0 Å². The molecule has 0 radical (unpaired) electrons. The van der Waals surface area contributed by atoms with Crippen LogP contribution in [0, 0.1) is 0 Å². The molecule has 1 rings (SSSR count). The average molecular weight is 201 g/mol. The van der Waals surface area contributed by atoms with Crippen molar-refractivity contribution in [2.75, 3.05) is 13.2 Å². The Hall–Kier alpha value is -0.610. The SMILES string of the molecule is CCCOCCC1CCC(C(=O)O)N1. The van der Waals surface area contributed by atoms with Gasteiger partial charge in [-0.2, -0.15) is 0 Å². The highest BCUT2D eigenvalue weighted by atomic mass is 16.5. The van der Waals surface area contributed by atoms with E-state index >= 15 is 0 Å². The summed E-state index contributed by atoms with van der Waals surface area (Å²) in [6, 6.07) is -0.0147. The van der Waals surface area contributed by atoms with E-state index in [0.717, 1.165) is 38.9 Å². The van der Waals surface area contributed by atoms with E-state index in [2.05, 4.69) is 12.2 Å². The Bertz CT molecular complexity index is 184. The van der Waals surface area contributed by atoms with Gasteiger partial charge in [-0.1, -0.05) is 6.92 Å². The van der Waals surface area contributed by atoms with Crippen LogP contribution in [0.1, 0.15) is 32.6 Å². The van der Waals surface area contributed by atoms with Gasteiger partial charge in [0.1, 0.15) is 6.04 Å².